The first-order valence-corrected chi connectivity index (χ1v) is 7.38. The summed E-state index contributed by atoms with van der Waals surface area (Å²) < 4.78 is 7.13. The Morgan fingerprint density at radius 3 is 2.50 bits per heavy atom. The van der Waals surface area contributed by atoms with Crippen LogP contribution in [0.3, 0.4) is 0 Å². The van der Waals surface area contributed by atoms with Crippen molar-refractivity contribution in [1.29, 1.82) is 0 Å². The number of halogens is 2. The maximum absolute atomic E-state index is 10.9. The number of rotatable bonds is 4. The molecule has 0 bridgehead atoms. The normalized spacial score (nSPS) is 10.3. The Bertz CT molecular complexity index is 659. The van der Waals surface area contributed by atoms with Gasteiger partial charge in [-0.25, -0.2) is 0 Å². The van der Waals surface area contributed by atoms with Crippen LogP contribution >= 0.6 is 31.9 Å². The van der Waals surface area contributed by atoms with Crippen molar-refractivity contribution in [3.05, 3.63) is 66.6 Å². The minimum Gasteiger partial charge on any atom is -0.489 e. The van der Waals surface area contributed by atoms with Gasteiger partial charge in [0.2, 0.25) is 0 Å². The Morgan fingerprint density at radius 1 is 1.15 bits per heavy atom. The first kappa shape index (κ1) is 15.0. The highest BCUT2D eigenvalue weighted by Gasteiger charge is 2.12. The molecule has 4 nitrogen and oxygen atoms in total. The Hall–Kier alpha value is -1.40. The smallest absolute Gasteiger partial charge is 0.283 e. The molecular formula is C14H11Br2NO3. The van der Waals surface area contributed by atoms with Crippen LogP contribution in [-0.2, 0) is 6.61 Å². The van der Waals surface area contributed by atoms with Gasteiger partial charge in [0.15, 0.2) is 0 Å². The van der Waals surface area contributed by atoms with Gasteiger partial charge in [-0.15, -0.1) is 0 Å². The van der Waals surface area contributed by atoms with Gasteiger partial charge in [-0.05, 0) is 58.2 Å². The van der Waals surface area contributed by atoms with Crippen LogP contribution < -0.4 is 4.74 Å². The van der Waals surface area contributed by atoms with Crippen LogP contribution in [0, 0.1) is 17.0 Å². The molecule has 0 fully saturated rings. The fourth-order valence-corrected chi connectivity index (χ4v) is 2.30. The lowest BCUT2D eigenvalue weighted by atomic mass is 10.2. The van der Waals surface area contributed by atoms with Crippen LogP contribution in [0.4, 0.5) is 5.69 Å². The quantitative estimate of drug-likeness (QED) is 0.535. The number of nitrogens with zero attached hydrogens (tertiary/aromatic N) is 1. The third kappa shape index (κ3) is 3.58. The van der Waals surface area contributed by atoms with Crippen molar-refractivity contribution in [3.8, 4) is 5.75 Å². The summed E-state index contributed by atoms with van der Waals surface area (Å²) in [7, 11) is 0. The molecule has 0 atom stereocenters. The van der Waals surface area contributed by atoms with E-state index in [2.05, 4.69) is 31.9 Å². The molecule has 104 valence electrons. The summed E-state index contributed by atoms with van der Waals surface area (Å²) in [6.07, 6.45) is 0. The summed E-state index contributed by atoms with van der Waals surface area (Å²) in [6, 6.07) is 10.6. The van der Waals surface area contributed by atoms with Gasteiger partial charge in [-0.2, -0.15) is 0 Å². The maximum atomic E-state index is 10.9. The van der Waals surface area contributed by atoms with Crippen LogP contribution in [0.5, 0.6) is 5.75 Å². The van der Waals surface area contributed by atoms with Crippen LogP contribution in [0.25, 0.3) is 0 Å². The monoisotopic (exact) mass is 399 g/mol. The molecule has 2 aromatic carbocycles. The zero-order chi connectivity index (χ0) is 14.7. The zero-order valence-corrected chi connectivity index (χ0v) is 13.8. The number of ether oxygens (including phenoxy) is 1. The average molecular weight is 401 g/mol. The molecule has 0 aliphatic rings. The van der Waals surface area contributed by atoms with Crippen molar-refractivity contribution in [1.82, 2.24) is 0 Å². The topological polar surface area (TPSA) is 52.4 Å². The van der Waals surface area contributed by atoms with E-state index in [1.165, 1.54) is 6.07 Å². The predicted molar refractivity (Wildman–Crippen MR) is 84.0 cm³/mol. The van der Waals surface area contributed by atoms with E-state index < -0.39 is 4.92 Å². The number of nitro benzene ring substituents is 1. The van der Waals surface area contributed by atoms with Crippen molar-refractivity contribution in [3.63, 3.8) is 0 Å². The molecule has 2 rings (SSSR count). The summed E-state index contributed by atoms with van der Waals surface area (Å²) in [6.45, 7) is 2.26. The fraction of sp³-hybridized carbons (Fsp3) is 0.143. The van der Waals surface area contributed by atoms with Crippen molar-refractivity contribution in [2.24, 2.45) is 0 Å². The molecule has 0 spiro atoms. The largest absolute Gasteiger partial charge is 0.489 e. The number of aryl methyl sites for hydroxylation is 1. The van der Waals surface area contributed by atoms with E-state index in [1.54, 1.807) is 12.1 Å². The van der Waals surface area contributed by atoms with Gasteiger partial charge in [-0.3, -0.25) is 10.1 Å². The van der Waals surface area contributed by atoms with Crippen molar-refractivity contribution in [2.75, 3.05) is 0 Å². The van der Waals surface area contributed by atoms with Crippen LogP contribution in [0.15, 0.2) is 45.3 Å². The highest BCUT2D eigenvalue weighted by Crippen LogP contribution is 2.27. The van der Waals surface area contributed by atoms with E-state index in [-0.39, 0.29) is 12.3 Å². The van der Waals surface area contributed by atoms with E-state index >= 15 is 0 Å². The molecule has 2 aromatic rings. The SMILES string of the molecule is Cc1cc(OCc2ccc(Br)c([N+](=O)[O-])c2)ccc1Br. The first-order chi connectivity index (χ1) is 9.47. The van der Waals surface area contributed by atoms with Crippen molar-refractivity contribution >= 4 is 37.5 Å². The molecule has 0 aromatic heterocycles. The fourth-order valence-electron chi connectivity index (χ4n) is 1.66. The molecule has 0 N–H and O–H groups in total. The van der Waals surface area contributed by atoms with E-state index in [0.717, 1.165) is 21.3 Å². The van der Waals surface area contributed by atoms with Gasteiger partial charge in [0, 0.05) is 10.5 Å². The third-order valence-corrected chi connectivity index (χ3v) is 4.30. The van der Waals surface area contributed by atoms with Gasteiger partial charge in [0.25, 0.3) is 5.69 Å². The second-order valence-corrected chi connectivity index (χ2v) is 5.95. The molecule has 20 heavy (non-hydrogen) atoms. The lowest BCUT2D eigenvalue weighted by Gasteiger charge is -2.08. The summed E-state index contributed by atoms with van der Waals surface area (Å²) in [5, 5.41) is 10.9. The predicted octanol–water partition coefficient (Wildman–Crippen LogP) is 5.01. The number of nitro groups is 1. The molecule has 0 amide bonds. The average Bonchev–Trinajstić information content (AvgIpc) is 2.41. The van der Waals surface area contributed by atoms with Crippen LogP contribution in [0.2, 0.25) is 0 Å². The van der Waals surface area contributed by atoms with Gasteiger partial charge < -0.3 is 4.74 Å². The van der Waals surface area contributed by atoms with E-state index in [9.17, 15) is 10.1 Å². The highest BCUT2D eigenvalue weighted by molar-refractivity contribution is 9.10. The van der Waals surface area contributed by atoms with Crippen LogP contribution in [-0.4, -0.2) is 4.92 Å². The number of hydrogen-bond acceptors (Lipinski definition) is 3. The summed E-state index contributed by atoms with van der Waals surface area (Å²) in [5.74, 6) is 0.733. The standard InChI is InChI=1S/C14H11Br2NO3/c1-9-6-11(3-5-12(9)15)20-8-10-2-4-13(16)14(7-10)17(18)19/h2-7H,8H2,1H3. The maximum Gasteiger partial charge on any atom is 0.283 e. The minimum absolute atomic E-state index is 0.0399. The van der Waals surface area contributed by atoms with Crippen molar-refractivity contribution < 1.29 is 9.66 Å². The van der Waals surface area contributed by atoms with Crippen LogP contribution in [0.1, 0.15) is 11.1 Å². The summed E-state index contributed by atoms with van der Waals surface area (Å²) in [4.78, 5) is 10.4. The minimum atomic E-state index is -0.419. The summed E-state index contributed by atoms with van der Waals surface area (Å²) in [5.41, 5.74) is 1.86. The van der Waals surface area contributed by atoms with Gasteiger partial charge in [-0.1, -0.05) is 22.0 Å². The Morgan fingerprint density at radius 2 is 1.85 bits per heavy atom. The highest BCUT2D eigenvalue weighted by atomic mass is 79.9. The lowest BCUT2D eigenvalue weighted by Crippen LogP contribution is -1.98. The Labute approximate surface area is 133 Å². The van der Waals surface area contributed by atoms with Gasteiger partial charge in [0.05, 0.1) is 9.40 Å². The summed E-state index contributed by atoms with van der Waals surface area (Å²) >= 11 is 6.58. The molecule has 0 aliphatic carbocycles. The number of benzene rings is 2. The van der Waals surface area contributed by atoms with Crippen molar-refractivity contribution in [2.45, 2.75) is 13.5 Å². The Kier molecular flexibility index (Phi) is 4.77. The second kappa shape index (κ2) is 6.37. The molecule has 0 heterocycles. The zero-order valence-electron chi connectivity index (χ0n) is 10.6. The van der Waals surface area contributed by atoms with Gasteiger partial charge in [0.1, 0.15) is 12.4 Å². The molecule has 0 radical (unpaired) electrons. The third-order valence-electron chi connectivity index (χ3n) is 2.74. The molecule has 0 aliphatic heterocycles. The number of hydrogen-bond donors (Lipinski definition) is 0. The lowest BCUT2D eigenvalue weighted by molar-refractivity contribution is -0.385. The Balaban J connectivity index is 2.12. The first-order valence-electron chi connectivity index (χ1n) is 5.79. The molecule has 0 saturated carbocycles. The molecule has 6 heteroatoms. The molecule has 0 saturated heterocycles. The van der Waals surface area contributed by atoms with Gasteiger partial charge >= 0.3 is 0 Å². The second-order valence-electron chi connectivity index (χ2n) is 4.24. The molecule has 0 unspecified atom stereocenters. The van der Waals surface area contributed by atoms with E-state index in [4.69, 9.17) is 4.74 Å². The van der Waals surface area contributed by atoms with E-state index in [1.807, 2.05) is 25.1 Å². The molecular weight excluding hydrogens is 390 g/mol. The van der Waals surface area contributed by atoms with E-state index in [0.29, 0.717) is 4.47 Å².